The number of halogens is 5. The highest BCUT2D eigenvalue weighted by Gasteiger charge is 2.36. The normalized spacial score (nSPS) is 13.1. The summed E-state index contributed by atoms with van der Waals surface area (Å²) >= 11 is 0. The number of methoxy groups -OCH3 is 1. The first-order valence-electron chi connectivity index (χ1n) is 13.9. The fourth-order valence-electron chi connectivity index (χ4n) is 4.29. The lowest BCUT2D eigenvalue weighted by molar-refractivity contribution is -0.137. The van der Waals surface area contributed by atoms with Gasteiger partial charge in [-0.05, 0) is 36.8 Å². The molecule has 0 saturated heterocycles. The van der Waals surface area contributed by atoms with E-state index in [1.165, 1.54) is 56.9 Å². The molecular formula is C28H30F5N8O6P. The average molecular weight is 701 g/mol. The summed E-state index contributed by atoms with van der Waals surface area (Å²) in [5.41, 5.74) is -0.904. The van der Waals surface area contributed by atoms with E-state index in [0.29, 0.717) is 11.8 Å². The van der Waals surface area contributed by atoms with Gasteiger partial charge in [0.15, 0.2) is 5.69 Å². The zero-order chi connectivity index (χ0) is 35.3. The van der Waals surface area contributed by atoms with Crippen LogP contribution in [0.25, 0.3) is 11.3 Å². The molecule has 1 atom stereocenters. The maximum absolute atomic E-state index is 14.0. The van der Waals surface area contributed by atoms with Gasteiger partial charge in [-0.25, -0.2) is 18.7 Å². The number of alkyl halides is 5. The van der Waals surface area contributed by atoms with Crippen LogP contribution in [-0.4, -0.2) is 73.9 Å². The lowest BCUT2D eigenvalue weighted by Gasteiger charge is -2.17. The summed E-state index contributed by atoms with van der Waals surface area (Å²) in [4.78, 5) is 34.7. The molecule has 3 aromatic heterocycles. The maximum Gasteiger partial charge on any atom is 0.421 e. The van der Waals surface area contributed by atoms with E-state index in [1.54, 1.807) is 6.92 Å². The molecule has 3 heterocycles. The Bertz CT molecular complexity index is 1820. The molecule has 4 aromatic rings. The topological polar surface area (TPSA) is 186 Å². The molecule has 258 valence electrons. The molecule has 20 heteroatoms. The number of amides is 1. The van der Waals surface area contributed by atoms with Crippen molar-refractivity contribution in [2.45, 2.75) is 31.7 Å². The van der Waals surface area contributed by atoms with Gasteiger partial charge in [0.05, 0.1) is 43.1 Å². The van der Waals surface area contributed by atoms with Crippen molar-refractivity contribution in [2.24, 2.45) is 0 Å². The predicted octanol–water partition coefficient (Wildman–Crippen LogP) is 4.96. The first-order valence-corrected chi connectivity index (χ1v) is 15.7. The number of nitrogens with one attached hydrogen (secondary N) is 3. The standard InChI is InChI=1S/C28H30F5N8O6P/c1-4-47-48(44,45)13-16-5-6-20(22(9-16)46-3)39-26-35-11-18(28(31,32)33)24(40-26)38-21-8-7-19(37-23(21)25(43)34-2)17-10-36-41(12-17)14-27(29,30)15-42/h5-12,42H,4,13-15H2,1-3H3,(H,34,43)(H,44,45)(H2,35,38,39,40). The minimum absolute atomic E-state index is 0.0263. The summed E-state index contributed by atoms with van der Waals surface area (Å²) in [6.45, 7) is -0.727. The number of rotatable bonds is 14. The van der Waals surface area contributed by atoms with Crippen LogP contribution in [0.3, 0.4) is 0 Å². The molecule has 5 N–H and O–H groups in total. The van der Waals surface area contributed by atoms with E-state index in [-0.39, 0.29) is 52.8 Å². The van der Waals surface area contributed by atoms with E-state index in [9.17, 15) is 36.2 Å². The lowest BCUT2D eigenvalue weighted by atomic mass is 10.1. The molecule has 48 heavy (non-hydrogen) atoms. The van der Waals surface area contributed by atoms with Crippen molar-refractivity contribution in [1.29, 1.82) is 0 Å². The Morgan fingerprint density at radius 3 is 2.44 bits per heavy atom. The number of pyridine rings is 1. The SMILES string of the molecule is CCOP(=O)(O)Cc1ccc(Nc2ncc(C(F)(F)F)c(Nc3ccc(-c4cnn(CC(F)(F)CO)c4)nc3C(=O)NC)n2)c(OC)c1. The van der Waals surface area contributed by atoms with Gasteiger partial charge in [0.1, 0.15) is 30.3 Å². The Morgan fingerprint density at radius 2 is 1.79 bits per heavy atom. The second kappa shape index (κ2) is 14.6. The zero-order valence-electron chi connectivity index (χ0n) is 25.5. The molecular weight excluding hydrogens is 670 g/mol. The van der Waals surface area contributed by atoms with Crippen LogP contribution in [0.2, 0.25) is 0 Å². The third kappa shape index (κ3) is 9.00. The molecule has 14 nitrogen and oxygen atoms in total. The molecule has 0 fully saturated rings. The summed E-state index contributed by atoms with van der Waals surface area (Å²) in [6.07, 6.45) is -2.31. The van der Waals surface area contributed by atoms with E-state index in [4.69, 9.17) is 14.4 Å². The van der Waals surface area contributed by atoms with E-state index < -0.39 is 50.1 Å². The Labute approximate surface area is 269 Å². The van der Waals surface area contributed by atoms with E-state index in [0.717, 1.165) is 4.68 Å². The van der Waals surface area contributed by atoms with Crippen molar-refractivity contribution in [2.75, 3.05) is 38.0 Å². The molecule has 1 aromatic carbocycles. The van der Waals surface area contributed by atoms with E-state index >= 15 is 0 Å². The first kappa shape index (κ1) is 36.1. The number of ether oxygens (including phenoxy) is 1. The van der Waals surface area contributed by atoms with Gasteiger partial charge < -0.3 is 35.2 Å². The summed E-state index contributed by atoms with van der Waals surface area (Å²) in [7, 11) is -1.33. The highest BCUT2D eigenvalue weighted by Crippen LogP contribution is 2.46. The molecule has 0 aliphatic heterocycles. The second-order valence-electron chi connectivity index (χ2n) is 10.1. The fraction of sp³-hybridized carbons (Fsp3) is 0.321. The number of aromatic nitrogens is 5. The number of hydrogen-bond donors (Lipinski definition) is 5. The Kier molecular flexibility index (Phi) is 11.0. The third-order valence-electron chi connectivity index (χ3n) is 6.46. The van der Waals surface area contributed by atoms with Crippen molar-refractivity contribution in [3.05, 3.63) is 65.7 Å². The van der Waals surface area contributed by atoms with Crippen LogP contribution in [0.15, 0.2) is 48.9 Å². The fourth-order valence-corrected chi connectivity index (χ4v) is 5.44. The average Bonchev–Trinajstić information content (AvgIpc) is 3.48. The number of benzene rings is 1. The molecule has 1 unspecified atom stereocenters. The molecule has 1 amide bonds. The molecule has 4 rings (SSSR count). The van der Waals surface area contributed by atoms with E-state index in [1.807, 2.05) is 0 Å². The van der Waals surface area contributed by atoms with Crippen molar-refractivity contribution >= 4 is 36.6 Å². The van der Waals surface area contributed by atoms with Gasteiger partial charge in [-0.1, -0.05) is 6.07 Å². The largest absolute Gasteiger partial charge is 0.495 e. The second-order valence-corrected chi connectivity index (χ2v) is 11.9. The van der Waals surface area contributed by atoms with Crippen LogP contribution in [0.5, 0.6) is 5.75 Å². The number of aliphatic hydroxyl groups excluding tert-OH is 1. The molecule has 0 radical (unpaired) electrons. The number of carbonyl (C=O) groups is 1. The van der Waals surface area contributed by atoms with Crippen LogP contribution in [0.4, 0.5) is 45.1 Å². The Morgan fingerprint density at radius 1 is 1.06 bits per heavy atom. The Hall–Kier alpha value is -4.71. The van der Waals surface area contributed by atoms with Crippen LogP contribution in [0.1, 0.15) is 28.5 Å². The summed E-state index contributed by atoms with van der Waals surface area (Å²) in [5.74, 6) is -5.12. The van der Waals surface area contributed by atoms with E-state index in [2.05, 4.69) is 36.0 Å². The van der Waals surface area contributed by atoms with Gasteiger partial charge in [0, 0.05) is 25.0 Å². The smallest absolute Gasteiger partial charge is 0.421 e. The van der Waals surface area contributed by atoms with Gasteiger partial charge in [-0.3, -0.25) is 14.0 Å². The predicted molar refractivity (Wildman–Crippen MR) is 163 cm³/mol. The summed E-state index contributed by atoms with van der Waals surface area (Å²) < 4.78 is 92.6. The van der Waals surface area contributed by atoms with Crippen LogP contribution in [0, 0.1) is 0 Å². The third-order valence-corrected chi connectivity index (χ3v) is 7.89. The van der Waals surface area contributed by atoms with Crippen LogP contribution in [-0.2, 0) is 28.0 Å². The maximum atomic E-state index is 14.0. The van der Waals surface area contributed by atoms with Gasteiger partial charge in [-0.15, -0.1) is 0 Å². The number of carbonyl (C=O) groups excluding carboxylic acids is 1. The Balaban J connectivity index is 1.67. The number of hydrogen-bond acceptors (Lipinski definition) is 11. The molecule has 0 bridgehead atoms. The lowest BCUT2D eigenvalue weighted by Crippen LogP contribution is -2.28. The minimum atomic E-state index is -4.93. The van der Waals surface area contributed by atoms with Crippen molar-refractivity contribution in [1.82, 2.24) is 30.0 Å². The quantitative estimate of drug-likeness (QED) is 0.0881. The van der Waals surface area contributed by atoms with Gasteiger partial charge in [0.2, 0.25) is 5.95 Å². The first-order chi connectivity index (χ1) is 22.6. The summed E-state index contributed by atoms with van der Waals surface area (Å²) in [5, 5.41) is 20.3. The van der Waals surface area contributed by atoms with Crippen molar-refractivity contribution < 1.29 is 50.6 Å². The van der Waals surface area contributed by atoms with Gasteiger partial charge >= 0.3 is 13.8 Å². The number of nitrogens with zero attached hydrogens (tertiary/aromatic N) is 5. The highest BCUT2D eigenvalue weighted by molar-refractivity contribution is 7.51. The van der Waals surface area contributed by atoms with Gasteiger partial charge in [-0.2, -0.15) is 23.3 Å². The molecule has 0 aliphatic rings. The molecule has 0 aliphatic carbocycles. The number of aliphatic hydroxyl groups is 1. The van der Waals surface area contributed by atoms with Crippen LogP contribution >= 0.6 is 7.60 Å². The summed E-state index contributed by atoms with van der Waals surface area (Å²) in [6, 6.07) is 6.97. The van der Waals surface area contributed by atoms with Crippen molar-refractivity contribution in [3.63, 3.8) is 0 Å². The highest BCUT2D eigenvalue weighted by atomic mass is 31.2. The van der Waals surface area contributed by atoms with Crippen LogP contribution < -0.4 is 20.7 Å². The monoisotopic (exact) mass is 700 g/mol. The number of anilines is 4. The minimum Gasteiger partial charge on any atom is -0.495 e. The molecule has 0 spiro atoms. The molecule has 0 saturated carbocycles. The van der Waals surface area contributed by atoms with Crippen molar-refractivity contribution in [3.8, 4) is 17.0 Å². The zero-order valence-corrected chi connectivity index (χ0v) is 26.4. The van der Waals surface area contributed by atoms with Gasteiger partial charge in [0.25, 0.3) is 11.8 Å².